The second-order valence-electron chi connectivity index (χ2n) is 7.10. The van der Waals surface area contributed by atoms with E-state index in [0.29, 0.717) is 17.9 Å². The van der Waals surface area contributed by atoms with Crippen LogP contribution in [0.3, 0.4) is 0 Å². The summed E-state index contributed by atoms with van der Waals surface area (Å²) in [5.41, 5.74) is -1.23. The molecule has 1 aromatic rings. The standard InChI is InChI=1S/C15H22ClN2O3S/c1-14(2)9-12(10-15(3,4)18(14)19)17-22(20,21)13-7-5-11(16)6-8-13/h5-8,12,17H,9-10H2,1-4H3. The van der Waals surface area contributed by atoms with E-state index in [0.717, 1.165) is 5.06 Å². The van der Waals surface area contributed by atoms with Crippen LogP contribution in [0, 0.1) is 0 Å². The van der Waals surface area contributed by atoms with Gasteiger partial charge in [-0.1, -0.05) is 11.6 Å². The number of hydrogen-bond acceptors (Lipinski definition) is 3. The van der Waals surface area contributed by atoms with Crippen LogP contribution in [0.2, 0.25) is 5.02 Å². The van der Waals surface area contributed by atoms with Crippen molar-refractivity contribution in [1.82, 2.24) is 9.79 Å². The Bertz CT molecular complexity index is 623. The van der Waals surface area contributed by atoms with Gasteiger partial charge in [0.25, 0.3) is 0 Å². The van der Waals surface area contributed by atoms with Crippen molar-refractivity contribution in [2.75, 3.05) is 0 Å². The van der Waals surface area contributed by atoms with Crippen molar-refractivity contribution in [2.24, 2.45) is 0 Å². The van der Waals surface area contributed by atoms with E-state index < -0.39 is 21.1 Å². The molecule has 1 radical (unpaired) electrons. The molecule has 0 atom stereocenters. The first-order valence-corrected chi connectivity index (χ1v) is 9.06. The molecule has 1 heterocycles. The lowest BCUT2D eigenvalue weighted by atomic mass is 9.79. The Morgan fingerprint density at radius 2 is 1.55 bits per heavy atom. The summed E-state index contributed by atoms with van der Waals surface area (Å²) in [5.74, 6) is 0. The molecule has 123 valence electrons. The van der Waals surface area contributed by atoms with Gasteiger partial charge in [0.05, 0.1) is 4.90 Å². The minimum Gasteiger partial charge on any atom is -0.208 e. The smallest absolute Gasteiger partial charge is 0.208 e. The van der Waals surface area contributed by atoms with Gasteiger partial charge in [0.1, 0.15) is 0 Å². The minimum absolute atomic E-state index is 0.178. The van der Waals surface area contributed by atoms with Gasteiger partial charge in [-0.3, -0.25) is 0 Å². The molecule has 7 heteroatoms. The first kappa shape index (κ1) is 17.7. The third-order valence-corrected chi connectivity index (χ3v) is 5.83. The maximum Gasteiger partial charge on any atom is 0.240 e. The van der Waals surface area contributed by atoms with Crippen molar-refractivity contribution < 1.29 is 13.6 Å². The van der Waals surface area contributed by atoms with Crippen molar-refractivity contribution in [3.05, 3.63) is 29.3 Å². The highest BCUT2D eigenvalue weighted by molar-refractivity contribution is 7.89. The molecule has 1 fully saturated rings. The van der Waals surface area contributed by atoms with E-state index in [1.165, 1.54) is 12.1 Å². The van der Waals surface area contributed by atoms with E-state index in [2.05, 4.69) is 4.72 Å². The van der Waals surface area contributed by atoms with Crippen LogP contribution < -0.4 is 4.72 Å². The molecule has 0 saturated carbocycles. The van der Waals surface area contributed by atoms with Gasteiger partial charge in [-0.15, -0.1) is 10.3 Å². The molecule has 0 amide bonds. The second-order valence-corrected chi connectivity index (χ2v) is 9.25. The van der Waals surface area contributed by atoms with Gasteiger partial charge in [-0.05, 0) is 64.8 Å². The number of nitrogens with one attached hydrogen (secondary N) is 1. The molecule has 1 aromatic carbocycles. The van der Waals surface area contributed by atoms with Crippen molar-refractivity contribution in [1.29, 1.82) is 0 Å². The van der Waals surface area contributed by atoms with Gasteiger partial charge < -0.3 is 0 Å². The van der Waals surface area contributed by atoms with Crippen LogP contribution in [0.25, 0.3) is 0 Å². The molecule has 1 N–H and O–H groups in total. The highest BCUT2D eigenvalue weighted by Gasteiger charge is 2.47. The Kier molecular flexibility index (Phi) is 4.63. The monoisotopic (exact) mass is 345 g/mol. The number of sulfonamides is 1. The molecule has 0 bridgehead atoms. The SMILES string of the molecule is CC1(C)CC(NS(=O)(=O)c2ccc(Cl)cc2)CC(C)(C)N1[O]. The van der Waals surface area contributed by atoms with E-state index in [9.17, 15) is 13.6 Å². The number of nitrogens with zero attached hydrogens (tertiary/aromatic N) is 1. The summed E-state index contributed by atoms with van der Waals surface area (Å²) in [5, 5.41) is 13.9. The zero-order valence-corrected chi connectivity index (χ0v) is 14.8. The summed E-state index contributed by atoms with van der Waals surface area (Å²) in [6.45, 7) is 7.35. The van der Waals surface area contributed by atoms with Gasteiger partial charge in [0, 0.05) is 22.1 Å². The summed E-state index contributed by atoms with van der Waals surface area (Å²) in [6.07, 6.45) is 0.930. The van der Waals surface area contributed by atoms with Crippen LogP contribution in [0.15, 0.2) is 29.2 Å². The molecular formula is C15H22ClN2O3S. The number of benzene rings is 1. The fraction of sp³-hybridized carbons (Fsp3) is 0.600. The average Bonchev–Trinajstić information content (AvgIpc) is 2.35. The molecule has 0 spiro atoms. The molecule has 2 rings (SSSR count). The van der Waals surface area contributed by atoms with E-state index >= 15 is 0 Å². The molecule has 0 aliphatic carbocycles. The zero-order chi connectivity index (χ0) is 16.8. The predicted molar refractivity (Wildman–Crippen MR) is 85.5 cm³/mol. The summed E-state index contributed by atoms with van der Waals surface area (Å²) in [7, 11) is -3.62. The molecule has 0 aromatic heterocycles. The van der Waals surface area contributed by atoms with Crippen LogP contribution in [0.5, 0.6) is 0 Å². The first-order valence-electron chi connectivity index (χ1n) is 7.19. The normalized spacial score (nSPS) is 22.6. The second kappa shape index (κ2) is 5.76. The van der Waals surface area contributed by atoms with E-state index in [-0.39, 0.29) is 10.9 Å². The summed E-state index contributed by atoms with van der Waals surface area (Å²) in [4.78, 5) is 0.178. The molecule has 1 saturated heterocycles. The van der Waals surface area contributed by atoms with Crippen molar-refractivity contribution >= 4 is 21.6 Å². The third kappa shape index (κ3) is 3.63. The van der Waals surface area contributed by atoms with Crippen molar-refractivity contribution in [3.63, 3.8) is 0 Å². The summed E-state index contributed by atoms with van der Waals surface area (Å²) >= 11 is 5.79. The number of hydrogen-bond donors (Lipinski definition) is 1. The molecule has 1 aliphatic rings. The highest BCUT2D eigenvalue weighted by atomic mass is 35.5. The Morgan fingerprint density at radius 1 is 1.09 bits per heavy atom. The number of piperidine rings is 1. The zero-order valence-electron chi connectivity index (χ0n) is 13.3. The van der Waals surface area contributed by atoms with Crippen LogP contribution in [-0.4, -0.2) is 30.6 Å². The topological polar surface area (TPSA) is 69.3 Å². The lowest BCUT2D eigenvalue weighted by Gasteiger charge is -2.49. The van der Waals surface area contributed by atoms with Crippen molar-refractivity contribution in [3.8, 4) is 0 Å². The molecule has 5 nitrogen and oxygen atoms in total. The lowest BCUT2D eigenvalue weighted by Crippen LogP contribution is -2.62. The highest BCUT2D eigenvalue weighted by Crippen LogP contribution is 2.37. The number of rotatable bonds is 3. The van der Waals surface area contributed by atoms with Gasteiger partial charge in [0.15, 0.2) is 0 Å². The maximum absolute atomic E-state index is 12.5. The van der Waals surface area contributed by atoms with E-state index in [1.807, 2.05) is 27.7 Å². The molecular weight excluding hydrogens is 324 g/mol. The molecule has 0 unspecified atom stereocenters. The summed E-state index contributed by atoms with van der Waals surface area (Å²) < 4.78 is 27.7. The van der Waals surface area contributed by atoms with Crippen LogP contribution >= 0.6 is 11.6 Å². The average molecular weight is 346 g/mol. The Hall–Kier alpha value is -0.660. The fourth-order valence-corrected chi connectivity index (χ4v) is 4.61. The van der Waals surface area contributed by atoms with E-state index in [4.69, 9.17) is 11.6 Å². The van der Waals surface area contributed by atoms with Gasteiger partial charge in [-0.2, -0.15) is 0 Å². The Balaban J connectivity index is 2.21. The van der Waals surface area contributed by atoms with E-state index in [1.54, 1.807) is 12.1 Å². The van der Waals surface area contributed by atoms with Crippen LogP contribution in [-0.2, 0) is 15.2 Å². The van der Waals surface area contributed by atoms with Crippen LogP contribution in [0.4, 0.5) is 0 Å². The van der Waals surface area contributed by atoms with Gasteiger partial charge in [0.2, 0.25) is 10.0 Å². The third-order valence-electron chi connectivity index (χ3n) is 4.04. The molecule has 22 heavy (non-hydrogen) atoms. The quantitative estimate of drug-likeness (QED) is 0.915. The number of halogens is 1. The molecule has 1 aliphatic heterocycles. The Morgan fingerprint density at radius 3 is 2.00 bits per heavy atom. The first-order chi connectivity index (χ1) is 9.94. The Labute approximate surface area is 137 Å². The number of hydroxylamine groups is 2. The maximum atomic E-state index is 12.5. The summed E-state index contributed by atoms with van der Waals surface area (Å²) in [6, 6.07) is 5.76. The fourth-order valence-electron chi connectivity index (χ4n) is 3.25. The predicted octanol–water partition coefficient (Wildman–Crippen LogP) is 2.99. The lowest BCUT2D eigenvalue weighted by molar-refractivity contribution is -0.289. The van der Waals surface area contributed by atoms with Crippen molar-refractivity contribution in [2.45, 2.75) is 62.6 Å². The van der Waals surface area contributed by atoms with Gasteiger partial charge in [-0.25, -0.2) is 13.1 Å². The van der Waals surface area contributed by atoms with Gasteiger partial charge >= 0.3 is 0 Å². The minimum atomic E-state index is -3.62. The van der Waals surface area contributed by atoms with Crippen LogP contribution in [0.1, 0.15) is 40.5 Å². The largest absolute Gasteiger partial charge is 0.240 e.